The molecule has 2 aromatic rings. The first-order valence-corrected chi connectivity index (χ1v) is 6.94. The van der Waals surface area contributed by atoms with Gasteiger partial charge in [0.25, 0.3) is 0 Å². The second kappa shape index (κ2) is 4.42. The van der Waals surface area contributed by atoms with Gasteiger partial charge in [-0.15, -0.1) is 0 Å². The van der Waals surface area contributed by atoms with Crippen molar-refractivity contribution in [1.82, 2.24) is 0 Å². The molecule has 3 N–H and O–H groups in total. The summed E-state index contributed by atoms with van der Waals surface area (Å²) in [6.07, 6.45) is -0.900. The molecule has 0 fully saturated rings. The number of rotatable bonds is 0. The Morgan fingerprint density at radius 2 is 1.95 bits per heavy atom. The lowest BCUT2D eigenvalue weighted by Gasteiger charge is -2.32. The minimum absolute atomic E-state index is 0.0935. The first-order valence-electron chi connectivity index (χ1n) is 6.94. The Labute approximate surface area is 126 Å². The van der Waals surface area contributed by atoms with Crippen LogP contribution in [0.3, 0.4) is 0 Å². The number of aliphatic hydroxyl groups is 1. The van der Waals surface area contributed by atoms with Gasteiger partial charge in [-0.05, 0) is 37.3 Å². The molecule has 0 amide bonds. The molecule has 0 bridgehead atoms. The van der Waals surface area contributed by atoms with Gasteiger partial charge in [-0.3, -0.25) is 0 Å². The minimum Gasteiger partial charge on any atom is -0.508 e. The Morgan fingerprint density at radius 1 is 1.14 bits per heavy atom. The Morgan fingerprint density at radius 3 is 2.77 bits per heavy atom. The van der Waals surface area contributed by atoms with Gasteiger partial charge < -0.3 is 24.8 Å². The molecule has 2 aliphatic rings. The summed E-state index contributed by atoms with van der Waals surface area (Å²) >= 11 is 0. The molecule has 0 spiro atoms. The Balaban J connectivity index is 1.92. The lowest BCUT2D eigenvalue weighted by atomic mass is 9.89. The highest BCUT2D eigenvalue weighted by Crippen LogP contribution is 2.49. The Bertz CT molecular complexity index is 822. The van der Waals surface area contributed by atoms with Crippen LogP contribution in [-0.4, -0.2) is 21.9 Å². The molecule has 4 rings (SSSR count). The molecule has 2 aromatic carbocycles. The topological polar surface area (TPSA) is 79.2 Å². The van der Waals surface area contributed by atoms with Crippen molar-refractivity contribution in [1.29, 1.82) is 0 Å². The molecular weight excluding hydrogens is 284 g/mol. The van der Waals surface area contributed by atoms with Gasteiger partial charge >= 0.3 is 0 Å². The molecule has 5 heteroatoms. The van der Waals surface area contributed by atoms with Crippen molar-refractivity contribution >= 4 is 5.57 Å². The van der Waals surface area contributed by atoms with Crippen molar-refractivity contribution in [2.75, 3.05) is 6.61 Å². The van der Waals surface area contributed by atoms with E-state index in [9.17, 15) is 15.3 Å². The number of aliphatic hydroxyl groups excluding tert-OH is 1. The highest BCUT2D eigenvalue weighted by Gasteiger charge is 2.35. The summed E-state index contributed by atoms with van der Waals surface area (Å²) in [5.74, 6) is 1.75. The maximum Gasteiger partial charge on any atom is 0.148 e. The van der Waals surface area contributed by atoms with Crippen molar-refractivity contribution < 1.29 is 24.8 Å². The van der Waals surface area contributed by atoms with Crippen LogP contribution in [0.5, 0.6) is 23.0 Å². The third kappa shape index (κ3) is 1.69. The lowest BCUT2D eigenvalue weighted by Crippen LogP contribution is -2.23. The summed E-state index contributed by atoms with van der Waals surface area (Å²) in [5, 5.41) is 30.3. The number of phenolic OH excluding ortho intramolecular Hbond substituents is 2. The van der Waals surface area contributed by atoms with Crippen LogP contribution in [0, 0.1) is 6.92 Å². The normalized spacial score (nSPS) is 18.7. The van der Waals surface area contributed by atoms with Crippen molar-refractivity contribution in [3.63, 3.8) is 0 Å². The average Bonchev–Trinajstić information content (AvgIpc) is 2.51. The van der Waals surface area contributed by atoms with E-state index < -0.39 is 6.10 Å². The highest BCUT2D eigenvalue weighted by molar-refractivity contribution is 5.81. The molecule has 22 heavy (non-hydrogen) atoms. The smallest absolute Gasteiger partial charge is 0.148 e. The predicted molar refractivity (Wildman–Crippen MR) is 79.0 cm³/mol. The molecular formula is C17H14O5. The van der Waals surface area contributed by atoms with Gasteiger partial charge in [-0.1, -0.05) is 0 Å². The molecule has 0 aromatic heterocycles. The first-order chi connectivity index (χ1) is 10.6. The van der Waals surface area contributed by atoms with Crippen LogP contribution in [0.1, 0.15) is 22.8 Å². The van der Waals surface area contributed by atoms with Crippen LogP contribution in [0.25, 0.3) is 5.57 Å². The molecule has 0 aliphatic carbocycles. The fourth-order valence-corrected chi connectivity index (χ4v) is 2.94. The van der Waals surface area contributed by atoms with E-state index in [-0.39, 0.29) is 18.1 Å². The summed E-state index contributed by atoms with van der Waals surface area (Å²) in [6, 6.07) is 7.93. The quantitative estimate of drug-likeness (QED) is 0.697. The molecule has 112 valence electrons. The summed E-state index contributed by atoms with van der Waals surface area (Å²) in [7, 11) is 0. The van der Waals surface area contributed by atoms with Crippen LogP contribution < -0.4 is 9.47 Å². The van der Waals surface area contributed by atoms with E-state index in [0.717, 1.165) is 0 Å². The molecule has 0 saturated carbocycles. The number of hydrogen-bond acceptors (Lipinski definition) is 5. The molecule has 2 heterocycles. The third-order valence-electron chi connectivity index (χ3n) is 4.11. The summed E-state index contributed by atoms with van der Waals surface area (Å²) < 4.78 is 11.5. The van der Waals surface area contributed by atoms with Crippen molar-refractivity contribution in [2.45, 2.75) is 13.0 Å². The maximum atomic E-state index is 10.8. The molecule has 1 unspecified atom stereocenters. The van der Waals surface area contributed by atoms with E-state index in [1.807, 2.05) is 0 Å². The van der Waals surface area contributed by atoms with E-state index in [1.165, 1.54) is 12.1 Å². The van der Waals surface area contributed by atoms with E-state index in [0.29, 0.717) is 39.5 Å². The van der Waals surface area contributed by atoms with Gasteiger partial charge in [0.1, 0.15) is 41.5 Å². The van der Waals surface area contributed by atoms with Gasteiger partial charge in [-0.2, -0.15) is 0 Å². The van der Waals surface area contributed by atoms with Gasteiger partial charge in [0.15, 0.2) is 0 Å². The van der Waals surface area contributed by atoms with E-state index in [1.54, 1.807) is 25.1 Å². The average molecular weight is 298 g/mol. The monoisotopic (exact) mass is 298 g/mol. The first kappa shape index (κ1) is 13.0. The SMILES string of the molecule is Cc1c(O)ccc2c1OC1=C(c3cc(O)ccc3OC1)C2O. The molecule has 0 radical (unpaired) electrons. The Hall–Kier alpha value is -2.66. The predicted octanol–water partition coefficient (Wildman–Crippen LogP) is 2.64. The number of fused-ring (bicyclic) bond motifs is 3. The summed E-state index contributed by atoms with van der Waals surface area (Å²) in [4.78, 5) is 0. The molecule has 2 aliphatic heterocycles. The van der Waals surface area contributed by atoms with Crippen LogP contribution in [0.4, 0.5) is 0 Å². The fourth-order valence-electron chi connectivity index (χ4n) is 2.94. The van der Waals surface area contributed by atoms with Crippen molar-refractivity contribution in [3.05, 3.63) is 52.8 Å². The largest absolute Gasteiger partial charge is 0.508 e. The number of ether oxygens (including phenoxy) is 2. The Kier molecular flexibility index (Phi) is 2.62. The van der Waals surface area contributed by atoms with Gasteiger partial charge in [-0.25, -0.2) is 0 Å². The van der Waals surface area contributed by atoms with Crippen LogP contribution in [0.15, 0.2) is 36.1 Å². The third-order valence-corrected chi connectivity index (χ3v) is 4.11. The zero-order valence-corrected chi connectivity index (χ0v) is 11.8. The molecule has 1 atom stereocenters. The molecule has 0 saturated heterocycles. The summed E-state index contributed by atoms with van der Waals surface area (Å²) in [5.41, 5.74) is 2.37. The van der Waals surface area contributed by atoms with Crippen molar-refractivity contribution in [3.8, 4) is 23.0 Å². The van der Waals surface area contributed by atoms with Crippen LogP contribution >= 0.6 is 0 Å². The van der Waals surface area contributed by atoms with E-state index in [2.05, 4.69) is 0 Å². The fraction of sp³-hybridized carbons (Fsp3) is 0.176. The number of benzene rings is 2. The maximum absolute atomic E-state index is 10.8. The number of aromatic hydroxyl groups is 2. The standard InChI is InChI=1S/C17H14O5/c1-8-12(19)4-3-10-16(20)15-11-6-9(18)2-5-13(11)21-7-14(15)22-17(8)10/h2-6,16,18-20H,7H2,1H3. The lowest BCUT2D eigenvalue weighted by molar-refractivity contribution is 0.197. The van der Waals surface area contributed by atoms with Crippen LogP contribution in [-0.2, 0) is 0 Å². The van der Waals surface area contributed by atoms with E-state index in [4.69, 9.17) is 9.47 Å². The van der Waals surface area contributed by atoms with Gasteiger partial charge in [0.2, 0.25) is 0 Å². The zero-order valence-electron chi connectivity index (χ0n) is 11.8. The summed E-state index contributed by atoms with van der Waals surface area (Å²) in [6.45, 7) is 1.93. The van der Waals surface area contributed by atoms with E-state index >= 15 is 0 Å². The molecule has 5 nitrogen and oxygen atoms in total. The van der Waals surface area contributed by atoms with Crippen molar-refractivity contribution in [2.24, 2.45) is 0 Å². The minimum atomic E-state index is -0.900. The second-order valence-electron chi connectivity index (χ2n) is 5.44. The van der Waals surface area contributed by atoms with Gasteiger partial charge in [0.05, 0.1) is 0 Å². The van der Waals surface area contributed by atoms with Gasteiger partial charge in [0, 0.05) is 22.3 Å². The number of phenols is 2. The highest BCUT2D eigenvalue weighted by atomic mass is 16.5. The second-order valence-corrected chi connectivity index (χ2v) is 5.44. The zero-order chi connectivity index (χ0) is 15.4. The number of hydrogen-bond donors (Lipinski definition) is 3. The van der Waals surface area contributed by atoms with Crippen LogP contribution in [0.2, 0.25) is 0 Å².